The van der Waals surface area contributed by atoms with E-state index in [4.69, 9.17) is 0 Å². The van der Waals surface area contributed by atoms with Crippen LogP contribution in [-0.2, 0) is 10.0 Å². The van der Waals surface area contributed by atoms with Crippen molar-refractivity contribution in [1.29, 1.82) is 0 Å². The zero-order valence-electron chi connectivity index (χ0n) is 10.5. The van der Waals surface area contributed by atoms with Crippen molar-refractivity contribution in [3.8, 4) is 5.75 Å². The summed E-state index contributed by atoms with van der Waals surface area (Å²) in [4.78, 5) is -0.496. The fraction of sp³-hybridized carbons (Fsp3) is 0.500. The topological polar surface area (TPSA) is 55.4 Å². The van der Waals surface area contributed by atoms with Gasteiger partial charge in [-0.05, 0) is 25.0 Å². The Labute approximate surface area is 115 Å². The third kappa shape index (κ3) is 3.86. The number of halogens is 3. The summed E-state index contributed by atoms with van der Waals surface area (Å²) in [6, 6.07) is 4.50. The predicted octanol–water partition coefficient (Wildman–Crippen LogP) is 2.81. The highest BCUT2D eigenvalue weighted by atomic mass is 32.2. The molecule has 0 unspecified atom stereocenters. The minimum Gasteiger partial charge on any atom is -0.404 e. The van der Waals surface area contributed by atoms with Crippen LogP contribution in [0.3, 0.4) is 0 Å². The van der Waals surface area contributed by atoms with Gasteiger partial charge in [0.2, 0.25) is 10.0 Å². The first kappa shape index (κ1) is 15.1. The van der Waals surface area contributed by atoms with Crippen molar-refractivity contribution in [1.82, 2.24) is 4.72 Å². The summed E-state index contributed by atoms with van der Waals surface area (Å²) < 4.78 is 67.3. The summed E-state index contributed by atoms with van der Waals surface area (Å²) in [5.74, 6) is -0.717. The number of nitrogens with one attached hydrogen (secondary N) is 1. The Bertz CT molecular complexity index is 566. The molecule has 1 aromatic rings. The van der Waals surface area contributed by atoms with E-state index in [0.717, 1.165) is 25.0 Å². The van der Waals surface area contributed by atoms with Gasteiger partial charge in [0.25, 0.3) is 0 Å². The van der Waals surface area contributed by atoms with Crippen LogP contribution in [-0.4, -0.2) is 20.8 Å². The molecule has 112 valence electrons. The molecular formula is C12H14F3NO3S. The molecule has 0 atom stereocenters. The first-order chi connectivity index (χ1) is 9.28. The third-order valence-corrected chi connectivity index (χ3v) is 4.60. The Morgan fingerprint density at radius 2 is 1.75 bits per heavy atom. The van der Waals surface area contributed by atoms with Gasteiger partial charge in [-0.15, -0.1) is 13.2 Å². The average molecular weight is 309 g/mol. The van der Waals surface area contributed by atoms with Crippen LogP contribution in [0.2, 0.25) is 0 Å². The molecule has 0 heterocycles. The number of para-hydroxylation sites is 1. The van der Waals surface area contributed by atoms with Crippen LogP contribution in [0.15, 0.2) is 29.2 Å². The lowest BCUT2D eigenvalue weighted by molar-refractivity contribution is -0.275. The molecule has 0 spiro atoms. The quantitative estimate of drug-likeness (QED) is 0.930. The lowest BCUT2D eigenvalue weighted by Gasteiger charge is -2.16. The fourth-order valence-corrected chi connectivity index (χ4v) is 3.64. The lowest BCUT2D eigenvalue weighted by atomic mass is 10.3. The van der Waals surface area contributed by atoms with E-state index in [1.807, 2.05) is 0 Å². The Morgan fingerprint density at radius 3 is 2.35 bits per heavy atom. The molecule has 20 heavy (non-hydrogen) atoms. The van der Waals surface area contributed by atoms with E-state index < -0.39 is 27.0 Å². The van der Waals surface area contributed by atoms with Crippen LogP contribution in [0.25, 0.3) is 0 Å². The van der Waals surface area contributed by atoms with Crippen LogP contribution in [0.4, 0.5) is 13.2 Å². The summed E-state index contributed by atoms with van der Waals surface area (Å²) in [5.41, 5.74) is 0. The standard InChI is InChI=1S/C12H14F3NO3S/c13-12(14,15)19-10-7-3-4-8-11(10)20(17,18)16-9-5-1-2-6-9/h3-4,7-9,16H,1-2,5-6H2. The van der Waals surface area contributed by atoms with E-state index in [2.05, 4.69) is 9.46 Å². The van der Waals surface area contributed by atoms with Crippen molar-refractivity contribution in [2.75, 3.05) is 0 Å². The number of ether oxygens (including phenoxy) is 1. The summed E-state index contributed by atoms with van der Waals surface area (Å²) >= 11 is 0. The van der Waals surface area contributed by atoms with E-state index >= 15 is 0 Å². The third-order valence-electron chi connectivity index (χ3n) is 3.04. The van der Waals surface area contributed by atoms with Gasteiger partial charge in [0.15, 0.2) is 0 Å². The number of benzene rings is 1. The molecule has 0 amide bonds. The molecular weight excluding hydrogens is 295 g/mol. The molecule has 0 aromatic heterocycles. The van der Waals surface area contributed by atoms with Gasteiger partial charge in [-0.2, -0.15) is 0 Å². The van der Waals surface area contributed by atoms with Gasteiger partial charge in [-0.3, -0.25) is 0 Å². The van der Waals surface area contributed by atoms with Gasteiger partial charge >= 0.3 is 6.36 Å². The number of hydrogen-bond acceptors (Lipinski definition) is 3. The zero-order chi connectivity index (χ0) is 14.8. The smallest absolute Gasteiger partial charge is 0.404 e. The molecule has 0 radical (unpaired) electrons. The maximum Gasteiger partial charge on any atom is 0.573 e. The molecule has 1 fully saturated rings. The largest absolute Gasteiger partial charge is 0.573 e. The molecule has 0 bridgehead atoms. The molecule has 2 rings (SSSR count). The highest BCUT2D eigenvalue weighted by Crippen LogP contribution is 2.30. The van der Waals surface area contributed by atoms with E-state index in [9.17, 15) is 21.6 Å². The number of hydrogen-bond donors (Lipinski definition) is 1. The van der Waals surface area contributed by atoms with Crippen molar-refractivity contribution in [3.05, 3.63) is 24.3 Å². The summed E-state index contributed by atoms with van der Waals surface area (Å²) in [6.45, 7) is 0. The van der Waals surface area contributed by atoms with Crippen molar-refractivity contribution in [2.45, 2.75) is 43.0 Å². The molecule has 4 nitrogen and oxygen atoms in total. The molecule has 0 aliphatic heterocycles. The summed E-state index contributed by atoms with van der Waals surface area (Å²) in [6.07, 6.45) is -1.72. The number of sulfonamides is 1. The molecule has 1 aromatic carbocycles. The molecule has 1 aliphatic carbocycles. The Kier molecular flexibility index (Phi) is 4.24. The molecule has 8 heteroatoms. The summed E-state index contributed by atoms with van der Waals surface area (Å²) in [7, 11) is -4.02. The molecule has 1 saturated carbocycles. The van der Waals surface area contributed by atoms with Gasteiger partial charge in [0.1, 0.15) is 10.6 Å². The minimum absolute atomic E-state index is 0.223. The Hall–Kier alpha value is -1.28. The minimum atomic E-state index is -4.93. The van der Waals surface area contributed by atoms with Gasteiger partial charge < -0.3 is 4.74 Å². The van der Waals surface area contributed by atoms with Gasteiger partial charge in [-0.1, -0.05) is 25.0 Å². The highest BCUT2D eigenvalue weighted by Gasteiger charge is 2.34. The molecule has 0 saturated heterocycles. The van der Waals surface area contributed by atoms with Crippen LogP contribution >= 0.6 is 0 Å². The van der Waals surface area contributed by atoms with Crippen LogP contribution < -0.4 is 9.46 Å². The number of alkyl halides is 3. The van der Waals surface area contributed by atoms with E-state index in [0.29, 0.717) is 12.8 Å². The highest BCUT2D eigenvalue weighted by molar-refractivity contribution is 7.89. The normalized spacial score (nSPS) is 17.4. The van der Waals surface area contributed by atoms with Crippen LogP contribution in [0.5, 0.6) is 5.75 Å². The van der Waals surface area contributed by atoms with Crippen molar-refractivity contribution in [3.63, 3.8) is 0 Å². The lowest BCUT2D eigenvalue weighted by Crippen LogP contribution is -2.33. The monoisotopic (exact) mass is 309 g/mol. The second-order valence-electron chi connectivity index (χ2n) is 4.60. The van der Waals surface area contributed by atoms with Crippen molar-refractivity contribution >= 4 is 10.0 Å². The van der Waals surface area contributed by atoms with E-state index in [1.165, 1.54) is 12.1 Å². The average Bonchev–Trinajstić information content (AvgIpc) is 2.79. The van der Waals surface area contributed by atoms with Gasteiger partial charge in [0.05, 0.1) is 0 Å². The Balaban J connectivity index is 2.26. The van der Waals surface area contributed by atoms with Gasteiger partial charge in [-0.25, -0.2) is 13.1 Å². The molecule has 1 N–H and O–H groups in total. The SMILES string of the molecule is O=S(=O)(NC1CCCC1)c1ccccc1OC(F)(F)F. The van der Waals surface area contributed by atoms with Gasteiger partial charge in [0, 0.05) is 6.04 Å². The molecule has 1 aliphatic rings. The maximum atomic E-state index is 12.3. The fourth-order valence-electron chi connectivity index (χ4n) is 2.21. The van der Waals surface area contributed by atoms with Crippen LogP contribution in [0, 0.1) is 0 Å². The first-order valence-electron chi connectivity index (χ1n) is 6.15. The predicted molar refractivity (Wildman–Crippen MR) is 65.7 cm³/mol. The number of rotatable bonds is 4. The Morgan fingerprint density at radius 1 is 1.15 bits per heavy atom. The summed E-state index contributed by atoms with van der Waals surface area (Å²) in [5, 5.41) is 0. The van der Waals surface area contributed by atoms with Crippen molar-refractivity contribution in [2.24, 2.45) is 0 Å². The van der Waals surface area contributed by atoms with Crippen LogP contribution in [0.1, 0.15) is 25.7 Å². The maximum absolute atomic E-state index is 12.3. The van der Waals surface area contributed by atoms with E-state index in [-0.39, 0.29) is 6.04 Å². The van der Waals surface area contributed by atoms with E-state index in [1.54, 1.807) is 0 Å². The van der Waals surface area contributed by atoms with Crippen molar-refractivity contribution < 1.29 is 26.3 Å². The first-order valence-corrected chi connectivity index (χ1v) is 7.63. The second-order valence-corrected chi connectivity index (χ2v) is 6.28. The second kappa shape index (κ2) is 5.61. The zero-order valence-corrected chi connectivity index (χ0v) is 11.3.